The third-order valence-electron chi connectivity index (χ3n) is 2.26. The predicted octanol–water partition coefficient (Wildman–Crippen LogP) is -7.49. The van der Waals surface area contributed by atoms with E-state index in [1.165, 1.54) is 0 Å². The molecule has 1 heterocycles. The van der Waals surface area contributed by atoms with Crippen LogP contribution >= 0.6 is 0 Å². The molecule has 0 unspecified atom stereocenters. The van der Waals surface area contributed by atoms with Gasteiger partial charge in [0.15, 0.2) is 5.79 Å². The van der Waals surface area contributed by atoms with E-state index in [1.54, 1.807) is 0 Å². The second-order valence-electron chi connectivity index (χ2n) is 3.25. The monoisotopic (exact) mass is 232 g/mol. The molecule has 15 heavy (non-hydrogen) atoms. The van der Waals surface area contributed by atoms with Gasteiger partial charge in [-0.25, -0.2) is 0 Å². The maximum Gasteiger partial charge on any atom is 1.00 e. The summed E-state index contributed by atoms with van der Waals surface area (Å²) in [5.74, 6) is -2.47. The molecule has 84 valence electrons. The Labute approximate surface area is 108 Å². The molecule has 0 radical (unpaired) electrons. The molecule has 0 aromatic heterocycles. The van der Waals surface area contributed by atoms with Gasteiger partial charge in [-0.3, -0.25) is 0 Å². The van der Waals surface area contributed by atoms with Crippen molar-refractivity contribution in [2.75, 3.05) is 13.2 Å². The summed E-state index contributed by atoms with van der Waals surface area (Å²) in [5, 5.41) is 56.3. The van der Waals surface area contributed by atoms with Crippen LogP contribution in [0.25, 0.3) is 0 Å². The molecule has 0 amide bonds. The second kappa shape index (κ2) is 5.87. The molecule has 1 rings (SSSR count). The minimum absolute atomic E-state index is 0. The molecule has 1 saturated heterocycles. The maximum atomic E-state index is 10.5. The van der Waals surface area contributed by atoms with E-state index in [0.29, 0.717) is 0 Å². The van der Waals surface area contributed by atoms with Crippen LogP contribution in [0.4, 0.5) is 0 Å². The van der Waals surface area contributed by atoms with Gasteiger partial charge in [-0.15, -0.1) is 0 Å². The number of ether oxygens (including phenoxy) is 1. The van der Waals surface area contributed by atoms with Gasteiger partial charge in [0.25, 0.3) is 0 Å². The van der Waals surface area contributed by atoms with Crippen molar-refractivity contribution in [1.29, 1.82) is 0 Å². The van der Waals surface area contributed by atoms with E-state index in [4.69, 9.17) is 5.11 Å². The van der Waals surface area contributed by atoms with Gasteiger partial charge in [-0.1, -0.05) is 6.61 Å². The fourth-order valence-corrected chi connectivity index (χ4v) is 1.34. The molecule has 0 aromatic rings. The number of aliphatic hydroxyl groups is 5. The van der Waals surface area contributed by atoms with Gasteiger partial charge in [-0.2, -0.15) is 0 Å². The van der Waals surface area contributed by atoms with E-state index < -0.39 is 43.4 Å². The molecule has 1 aliphatic heterocycles. The Morgan fingerprint density at radius 2 is 1.73 bits per heavy atom. The fraction of sp³-hybridized carbons (Fsp3) is 1.00. The molecule has 0 spiro atoms. The Morgan fingerprint density at radius 3 is 2.13 bits per heavy atom. The molecule has 8 heteroatoms. The summed E-state index contributed by atoms with van der Waals surface area (Å²) < 4.78 is 4.60. The van der Waals surface area contributed by atoms with E-state index in [1.807, 2.05) is 0 Å². The summed E-state index contributed by atoms with van der Waals surface area (Å²) in [7, 11) is 0. The van der Waals surface area contributed by atoms with Crippen LogP contribution in [0.5, 0.6) is 0 Å². The zero-order valence-electron chi connectivity index (χ0n) is 8.28. The van der Waals surface area contributed by atoms with Crippen molar-refractivity contribution >= 4 is 0 Å². The average molecular weight is 232 g/mol. The fourth-order valence-electron chi connectivity index (χ4n) is 1.34. The number of aliphatic hydroxyl groups excluding tert-OH is 4. The largest absolute Gasteiger partial charge is 1.00 e. The van der Waals surface area contributed by atoms with Gasteiger partial charge in [0, 0.05) is 0 Å². The van der Waals surface area contributed by atoms with Crippen molar-refractivity contribution < 1.29 is 64.9 Å². The molecule has 1 aliphatic rings. The molecular weight excluding hydrogens is 219 g/mol. The van der Waals surface area contributed by atoms with Crippen LogP contribution in [-0.2, 0) is 4.74 Å². The van der Waals surface area contributed by atoms with Crippen LogP contribution in [0.3, 0.4) is 0 Å². The van der Waals surface area contributed by atoms with Gasteiger partial charge in [-0.05, 0) is 0 Å². The molecule has 1 fully saturated rings. The predicted molar refractivity (Wildman–Crippen MR) is 39.8 cm³/mol. The van der Waals surface area contributed by atoms with Gasteiger partial charge >= 0.3 is 29.6 Å². The zero-order valence-corrected chi connectivity index (χ0v) is 10.3. The zero-order chi connectivity index (χ0) is 10.9. The quantitative estimate of drug-likeness (QED) is 0.298. The SMILES string of the molecule is [Na+].[O-]C[C@@]1(O)O[C@H](CO)[C@@H](O)[C@H](O)[C@@H]1O. The van der Waals surface area contributed by atoms with Crippen molar-refractivity contribution in [2.45, 2.75) is 30.2 Å². The third kappa shape index (κ3) is 2.89. The summed E-state index contributed by atoms with van der Waals surface area (Å²) in [6.45, 7) is -1.87. The number of rotatable bonds is 2. The maximum absolute atomic E-state index is 10.5. The Kier molecular flexibility index (Phi) is 6.16. The van der Waals surface area contributed by atoms with Crippen molar-refractivity contribution in [2.24, 2.45) is 0 Å². The molecule has 5 N–H and O–H groups in total. The Morgan fingerprint density at radius 1 is 1.20 bits per heavy atom. The van der Waals surface area contributed by atoms with Crippen molar-refractivity contribution in [3.8, 4) is 0 Å². The van der Waals surface area contributed by atoms with Crippen molar-refractivity contribution in [3.05, 3.63) is 0 Å². The first-order chi connectivity index (χ1) is 6.46. The first-order valence-corrected chi connectivity index (χ1v) is 4.09. The molecule has 0 aliphatic carbocycles. The van der Waals surface area contributed by atoms with Crippen LogP contribution in [0, 0.1) is 0 Å². The van der Waals surface area contributed by atoms with Crippen LogP contribution in [0.1, 0.15) is 0 Å². The molecule has 0 aromatic carbocycles. The minimum atomic E-state index is -2.47. The van der Waals surface area contributed by atoms with E-state index in [2.05, 4.69) is 4.74 Å². The Balaban J connectivity index is 0.00000196. The van der Waals surface area contributed by atoms with E-state index in [0.717, 1.165) is 0 Å². The average Bonchev–Trinajstić information content (AvgIpc) is 2.20. The first kappa shape index (κ1) is 15.7. The Hall–Kier alpha value is 0.720. The number of hydrogen-bond acceptors (Lipinski definition) is 7. The van der Waals surface area contributed by atoms with Crippen molar-refractivity contribution in [1.82, 2.24) is 0 Å². The van der Waals surface area contributed by atoms with Crippen LogP contribution in [-0.4, -0.2) is 68.9 Å². The Bertz CT molecular complexity index is 202. The molecular formula is C7H13NaO7. The van der Waals surface area contributed by atoms with Gasteiger partial charge in [0.2, 0.25) is 0 Å². The summed E-state index contributed by atoms with van der Waals surface area (Å²) in [5.41, 5.74) is 0. The first-order valence-electron chi connectivity index (χ1n) is 4.09. The summed E-state index contributed by atoms with van der Waals surface area (Å²) in [4.78, 5) is 0. The van der Waals surface area contributed by atoms with Crippen molar-refractivity contribution in [3.63, 3.8) is 0 Å². The topological polar surface area (TPSA) is 133 Å². The summed E-state index contributed by atoms with van der Waals surface area (Å²) in [6, 6.07) is 0. The van der Waals surface area contributed by atoms with E-state index in [9.17, 15) is 25.5 Å². The second-order valence-corrected chi connectivity index (χ2v) is 3.25. The van der Waals surface area contributed by atoms with Gasteiger partial charge < -0.3 is 35.4 Å². The standard InChI is InChI=1S/C7H13O7.Na/c8-1-3-4(10)5(11)6(12)7(13,2-9)14-3;/h3-6,8,10-13H,1-2H2;/q-1;+1/t3-,4-,5+,6+,7-;/m1./s1. The molecule has 0 saturated carbocycles. The summed E-state index contributed by atoms with van der Waals surface area (Å²) in [6.07, 6.45) is -6.44. The van der Waals surface area contributed by atoms with E-state index in [-0.39, 0.29) is 29.6 Å². The van der Waals surface area contributed by atoms with E-state index >= 15 is 0 Å². The third-order valence-corrected chi connectivity index (χ3v) is 2.26. The van der Waals surface area contributed by atoms with Gasteiger partial charge in [0.1, 0.15) is 24.4 Å². The number of hydrogen-bond donors (Lipinski definition) is 5. The smallest absolute Gasteiger partial charge is 0.851 e. The van der Waals surface area contributed by atoms with Gasteiger partial charge in [0.05, 0.1) is 6.61 Å². The minimum Gasteiger partial charge on any atom is -0.851 e. The van der Waals surface area contributed by atoms with Crippen LogP contribution in [0.15, 0.2) is 0 Å². The normalized spacial score (nSPS) is 46.0. The summed E-state index contributed by atoms with van der Waals surface area (Å²) >= 11 is 0. The molecule has 5 atom stereocenters. The molecule has 7 nitrogen and oxygen atoms in total. The van der Waals surface area contributed by atoms with Crippen LogP contribution in [0.2, 0.25) is 0 Å². The molecule has 0 bridgehead atoms. The van der Waals surface area contributed by atoms with Crippen LogP contribution < -0.4 is 34.7 Å².